The molecule has 0 aliphatic heterocycles. The van der Waals surface area contributed by atoms with Gasteiger partial charge in [0.1, 0.15) is 11.9 Å². The lowest BCUT2D eigenvalue weighted by Crippen LogP contribution is -2.13. The fourth-order valence-corrected chi connectivity index (χ4v) is 3.95. The van der Waals surface area contributed by atoms with Crippen LogP contribution in [0.3, 0.4) is 0 Å². The predicted molar refractivity (Wildman–Crippen MR) is 115 cm³/mol. The Labute approximate surface area is 166 Å². The average molecular weight is 370 g/mol. The molecule has 3 nitrogen and oxygen atoms in total. The maximum atomic E-state index is 11.1. The van der Waals surface area contributed by atoms with Crippen molar-refractivity contribution < 1.29 is 5.11 Å². The number of nitrogens with zero attached hydrogens (tertiary/aromatic N) is 2. The minimum absolute atomic E-state index is 0.686. The molecule has 0 aliphatic rings. The highest BCUT2D eigenvalue weighted by atomic mass is 16.3. The molecule has 3 aromatic carbocycles. The van der Waals surface area contributed by atoms with Gasteiger partial charge in [0.2, 0.25) is 0 Å². The molecule has 0 amide bonds. The topological polar surface area (TPSA) is 38.0 Å². The molecule has 1 N–H and O–H groups in total. The molecule has 0 saturated heterocycles. The first-order valence-corrected chi connectivity index (χ1v) is 9.72. The van der Waals surface area contributed by atoms with Crippen molar-refractivity contribution in [3.8, 4) is 0 Å². The van der Waals surface area contributed by atoms with E-state index in [9.17, 15) is 5.11 Å². The summed E-state index contributed by atoms with van der Waals surface area (Å²) in [6.07, 6.45) is -0.764. The molecule has 1 aromatic heterocycles. The van der Waals surface area contributed by atoms with Crippen molar-refractivity contribution in [2.24, 2.45) is 0 Å². The van der Waals surface area contributed by atoms with Gasteiger partial charge in [0.05, 0.1) is 11.0 Å². The number of rotatable bonds is 4. The van der Waals surface area contributed by atoms with Crippen molar-refractivity contribution in [2.75, 3.05) is 0 Å². The van der Waals surface area contributed by atoms with E-state index in [0.717, 1.165) is 16.6 Å². The Kier molecular flexibility index (Phi) is 4.78. The molecule has 4 rings (SSSR count). The van der Waals surface area contributed by atoms with E-state index in [1.54, 1.807) is 0 Å². The Morgan fingerprint density at radius 1 is 0.857 bits per heavy atom. The normalized spacial score (nSPS) is 12.5. The van der Waals surface area contributed by atoms with E-state index in [1.807, 2.05) is 48.5 Å². The van der Waals surface area contributed by atoms with Crippen LogP contribution >= 0.6 is 0 Å². The summed E-state index contributed by atoms with van der Waals surface area (Å²) in [5, 5.41) is 11.1. The number of aromatic nitrogens is 2. The highest BCUT2D eigenvalue weighted by Crippen LogP contribution is 2.29. The zero-order valence-electron chi connectivity index (χ0n) is 16.9. The summed E-state index contributed by atoms with van der Waals surface area (Å²) in [5.41, 5.74) is 9.33. The van der Waals surface area contributed by atoms with E-state index in [4.69, 9.17) is 4.98 Å². The molecule has 1 atom stereocenters. The number of imidazole rings is 1. The second kappa shape index (κ2) is 7.25. The lowest BCUT2D eigenvalue weighted by Gasteiger charge is -2.19. The summed E-state index contributed by atoms with van der Waals surface area (Å²) in [6.45, 7) is 9.39. The molecule has 0 saturated carbocycles. The maximum Gasteiger partial charge on any atom is 0.143 e. The van der Waals surface area contributed by atoms with Crippen molar-refractivity contribution >= 4 is 11.0 Å². The lowest BCUT2D eigenvalue weighted by atomic mass is 9.94. The Balaban J connectivity index is 1.90. The number of aliphatic hydroxyl groups excluding tert-OH is 1. The first-order chi connectivity index (χ1) is 13.5. The third kappa shape index (κ3) is 3.12. The molecular formula is C25H26N2O. The fourth-order valence-electron chi connectivity index (χ4n) is 3.95. The molecule has 0 fully saturated rings. The van der Waals surface area contributed by atoms with Crippen LogP contribution in [0.4, 0.5) is 0 Å². The standard InChI is InChI=1S/C25H26N2O/c1-16-14-17(2)19(4)21(18(16)3)15-27-23-13-9-8-12-22(23)26-25(27)24(28)20-10-6-5-7-11-20/h5-14,24,28H,15H2,1-4H3. The molecule has 3 heteroatoms. The summed E-state index contributed by atoms with van der Waals surface area (Å²) in [6, 6.07) is 20.1. The summed E-state index contributed by atoms with van der Waals surface area (Å²) in [7, 11) is 0. The molecule has 0 spiro atoms. The molecule has 4 aromatic rings. The maximum absolute atomic E-state index is 11.1. The van der Waals surface area contributed by atoms with Crippen molar-refractivity contribution in [1.82, 2.24) is 9.55 Å². The largest absolute Gasteiger partial charge is 0.380 e. The number of hydrogen-bond acceptors (Lipinski definition) is 2. The van der Waals surface area contributed by atoms with Gasteiger partial charge in [-0.15, -0.1) is 0 Å². The van der Waals surface area contributed by atoms with Gasteiger partial charge in [0, 0.05) is 6.54 Å². The van der Waals surface area contributed by atoms with Crippen LogP contribution in [-0.2, 0) is 6.54 Å². The molecule has 0 radical (unpaired) electrons. The lowest BCUT2D eigenvalue weighted by molar-refractivity contribution is 0.206. The van der Waals surface area contributed by atoms with Crippen LogP contribution in [-0.4, -0.2) is 14.7 Å². The molecule has 28 heavy (non-hydrogen) atoms. The van der Waals surface area contributed by atoms with E-state index < -0.39 is 6.10 Å². The Morgan fingerprint density at radius 3 is 2.14 bits per heavy atom. The molecule has 0 bridgehead atoms. The third-order valence-electron chi connectivity index (χ3n) is 5.88. The van der Waals surface area contributed by atoms with Gasteiger partial charge in [-0.05, 0) is 73.2 Å². The van der Waals surface area contributed by atoms with Gasteiger partial charge in [0.15, 0.2) is 0 Å². The van der Waals surface area contributed by atoms with Gasteiger partial charge in [-0.3, -0.25) is 0 Å². The molecule has 1 heterocycles. The molecular weight excluding hydrogens is 344 g/mol. The number of benzene rings is 3. The smallest absolute Gasteiger partial charge is 0.143 e. The van der Waals surface area contributed by atoms with Gasteiger partial charge < -0.3 is 9.67 Å². The van der Waals surface area contributed by atoms with Crippen LogP contribution in [0.15, 0.2) is 60.7 Å². The van der Waals surface area contributed by atoms with Crippen LogP contribution < -0.4 is 0 Å². The average Bonchev–Trinajstić information content (AvgIpc) is 3.08. The van der Waals surface area contributed by atoms with E-state index in [2.05, 4.69) is 44.4 Å². The highest BCUT2D eigenvalue weighted by molar-refractivity contribution is 5.76. The minimum atomic E-state index is -0.764. The van der Waals surface area contributed by atoms with E-state index in [-0.39, 0.29) is 0 Å². The molecule has 0 aliphatic carbocycles. The third-order valence-corrected chi connectivity index (χ3v) is 5.88. The van der Waals surface area contributed by atoms with E-state index in [1.165, 1.54) is 27.8 Å². The summed E-state index contributed by atoms with van der Waals surface area (Å²) in [5.74, 6) is 0.686. The Bertz CT molecular complexity index is 1120. The number of para-hydroxylation sites is 2. The Morgan fingerprint density at radius 2 is 1.46 bits per heavy atom. The summed E-state index contributed by atoms with van der Waals surface area (Å²) in [4.78, 5) is 4.80. The quantitative estimate of drug-likeness (QED) is 0.522. The zero-order chi connectivity index (χ0) is 19.8. The first kappa shape index (κ1) is 18.5. The highest BCUT2D eigenvalue weighted by Gasteiger charge is 2.21. The van der Waals surface area contributed by atoms with Gasteiger partial charge in [-0.2, -0.15) is 0 Å². The Hall–Kier alpha value is -2.91. The van der Waals surface area contributed by atoms with Gasteiger partial charge in [-0.25, -0.2) is 4.98 Å². The number of hydrogen-bond donors (Lipinski definition) is 1. The van der Waals surface area contributed by atoms with Crippen LogP contribution in [0.5, 0.6) is 0 Å². The van der Waals surface area contributed by atoms with E-state index >= 15 is 0 Å². The second-order valence-corrected chi connectivity index (χ2v) is 7.60. The SMILES string of the molecule is Cc1cc(C)c(C)c(Cn2c(C(O)c3ccccc3)nc3ccccc32)c1C. The zero-order valence-corrected chi connectivity index (χ0v) is 16.9. The minimum Gasteiger partial charge on any atom is -0.380 e. The number of aryl methyl sites for hydroxylation is 2. The molecule has 1 unspecified atom stereocenters. The summed E-state index contributed by atoms with van der Waals surface area (Å²) < 4.78 is 2.17. The van der Waals surface area contributed by atoms with Gasteiger partial charge in [-0.1, -0.05) is 48.5 Å². The number of fused-ring (bicyclic) bond motifs is 1. The summed E-state index contributed by atoms with van der Waals surface area (Å²) >= 11 is 0. The van der Waals surface area contributed by atoms with E-state index in [0.29, 0.717) is 12.4 Å². The van der Waals surface area contributed by atoms with Crippen molar-refractivity contribution in [2.45, 2.75) is 40.3 Å². The van der Waals surface area contributed by atoms with Crippen molar-refractivity contribution in [3.05, 3.63) is 99.9 Å². The predicted octanol–water partition coefficient (Wildman–Crippen LogP) is 5.40. The van der Waals surface area contributed by atoms with Crippen LogP contribution in [0.2, 0.25) is 0 Å². The van der Waals surface area contributed by atoms with Crippen molar-refractivity contribution in [1.29, 1.82) is 0 Å². The van der Waals surface area contributed by atoms with Crippen molar-refractivity contribution in [3.63, 3.8) is 0 Å². The van der Waals surface area contributed by atoms with Crippen LogP contribution in [0, 0.1) is 27.7 Å². The van der Waals surface area contributed by atoms with Gasteiger partial charge in [0.25, 0.3) is 0 Å². The van der Waals surface area contributed by atoms with Crippen LogP contribution in [0.25, 0.3) is 11.0 Å². The van der Waals surface area contributed by atoms with Crippen LogP contribution in [0.1, 0.15) is 45.3 Å². The fraction of sp³-hybridized carbons (Fsp3) is 0.240. The molecule has 142 valence electrons. The monoisotopic (exact) mass is 370 g/mol. The first-order valence-electron chi connectivity index (χ1n) is 9.72. The number of aliphatic hydroxyl groups is 1. The van der Waals surface area contributed by atoms with Gasteiger partial charge >= 0.3 is 0 Å². The second-order valence-electron chi connectivity index (χ2n) is 7.60.